The molecule has 0 nitrogen and oxygen atoms in total. The van der Waals surface area contributed by atoms with Crippen molar-refractivity contribution in [1.82, 2.24) is 0 Å². The molecule has 1 aromatic heterocycles. The van der Waals surface area contributed by atoms with Crippen LogP contribution in [0.4, 0.5) is 0 Å². The van der Waals surface area contributed by atoms with Crippen LogP contribution in [0, 0.1) is 6.92 Å². The summed E-state index contributed by atoms with van der Waals surface area (Å²) in [6, 6.07) is 2.14. The second-order valence-electron chi connectivity index (χ2n) is 2.51. The van der Waals surface area contributed by atoms with Crippen molar-refractivity contribution in [2.24, 2.45) is 0 Å². The number of hydrogen-bond acceptors (Lipinski definition) is 1. The Morgan fingerprint density at radius 2 is 2.40 bits per heavy atom. The van der Waals surface area contributed by atoms with Gasteiger partial charge in [-0.25, -0.2) is 0 Å². The van der Waals surface area contributed by atoms with Gasteiger partial charge in [-0.2, -0.15) is 0 Å². The molecular weight excluding hydrogens is 164 g/mol. The lowest BCUT2D eigenvalue weighted by molar-refractivity contribution is 0.942. The van der Waals surface area contributed by atoms with E-state index in [1.165, 1.54) is 10.4 Å². The van der Waals surface area contributed by atoms with Gasteiger partial charge >= 0.3 is 0 Å². The Hall–Kier alpha value is -0.0100. The number of thiophene rings is 1. The van der Waals surface area contributed by atoms with Crippen LogP contribution < -0.4 is 0 Å². The van der Waals surface area contributed by atoms with Gasteiger partial charge in [0.05, 0.1) is 0 Å². The Kier molecular flexibility index (Phi) is 2.75. The molecule has 0 saturated carbocycles. The molecule has 2 heteroatoms. The molecule has 56 valence electrons. The standard InChI is InChI=1S/C8H11ClS/c1-6-3-4-10-8(6)5-7(2)9/h3-4,7H,5H2,1-2H3. The summed E-state index contributed by atoms with van der Waals surface area (Å²) in [4.78, 5) is 1.42. The van der Waals surface area contributed by atoms with Crippen LogP contribution in [0.15, 0.2) is 11.4 Å². The van der Waals surface area contributed by atoms with E-state index in [1.54, 1.807) is 11.3 Å². The van der Waals surface area contributed by atoms with Gasteiger partial charge in [-0.05, 0) is 37.3 Å². The van der Waals surface area contributed by atoms with Crippen LogP contribution in [-0.4, -0.2) is 5.38 Å². The summed E-state index contributed by atoms with van der Waals surface area (Å²) in [7, 11) is 0. The van der Waals surface area contributed by atoms with Gasteiger partial charge in [0.2, 0.25) is 0 Å². The molecule has 1 atom stereocenters. The van der Waals surface area contributed by atoms with Crippen LogP contribution in [0.2, 0.25) is 0 Å². The maximum atomic E-state index is 5.85. The van der Waals surface area contributed by atoms with Gasteiger partial charge < -0.3 is 0 Å². The Morgan fingerprint density at radius 3 is 2.80 bits per heavy atom. The molecule has 1 heterocycles. The average Bonchev–Trinajstić information content (AvgIpc) is 2.15. The number of rotatable bonds is 2. The predicted octanol–water partition coefficient (Wildman–Crippen LogP) is 3.23. The summed E-state index contributed by atoms with van der Waals surface area (Å²) in [5, 5.41) is 2.38. The minimum atomic E-state index is 0.261. The fourth-order valence-corrected chi connectivity index (χ4v) is 2.15. The van der Waals surface area contributed by atoms with E-state index in [1.807, 2.05) is 6.92 Å². The van der Waals surface area contributed by atoms with E-state index in [-0.39, 0.29) is 5.38 Å². The van der Waals surface area contributed by atoms with Crippen molar-refractivity contribution in [2.75, 3.05) is 0 Å². The average molecular weight is 175 g/mol. The Bertz CT molecular complexity index is 203. The van der Waals surface area contributed by atoms with E-state index in [0.717, 1.165) is 6.42 Å². The minimum Gasteiger partial charge on any atom is -0.149 e. The molecule has 0 amide bonds. The van der Waals surface area contributed by atoms with Gasteiger partial charge in [0.25, 0.3) is 0 Å². The lowest BCUT2D eigenvalue weighted by Gasteiger charge is -1.99. The highest BCUT2D eigenvalue weighted by Crippen LogP contribution is 2.18. The Morgan fingerprint density at radius 1 is 1.70 bits per heavy atom. The first-order chi connectivity index (χ1) is 4.70. The van der Waals surface area contributed by atoms with Crippen LogP contribution in [0.1, 0.15) is 17.4 Å². The first kappa shape index (κ1) is 8.09. The lowest BCUT2D eigenvalue weighted by atomic mass is 10.2. The topological polar surface area (TPSA) is 0 Å². The van der Waals surface area contributed by atoms with Crippen molar-refractivity contribution in [3.8, 4) is 0 Å². The van der Waals surface area contributed by atoms with Crippen molar-refractivity contribution >= 4 is 22.9 Å². The zero-order valence-corrected chi connectivity index (χ0v) is 7.80. The van der Waals surface area contributed by atoms with Gasteiger partial charge in [0.15, 0.2) is 0 Å². The Labute approximate surface area is 70.8 Å². The van der Waals surface area contributed by atoms with Crippen molar-refractivity contribution in [3.05, 3.63) is 21.9 Å². The number of hydrogen-bond donors (Lipinski definition) is 0. The minimum absolute atomic E-state index is 0.261. The van der Waals surface area contributed by atoms with Crippen LogP contribution in [-0.2, 0) is 6.42 Å². The summed E-state index contributed by atoms with van der Waals surface area (Å²) < 4.78 is 0. The molecule has 0 fully saturated rings. The Balaban J connectivity index is 2.65. The highest BCUT2D eigenvalue weighted by atomic mass is 35.5. The summed E-state index contributed by atoms with van der Waals surface area (Å²) in [5.41, 5.74) is 1.37. The lowest BCUT2D eigenvalue weighted by Crippen LogP contribution is -1.95. The van der Waals surface area contributed by atoms with E-state index < -0.39 is 0 Å². The van der Waals surface area contributed by atoms with E-state index in [4.69, 9.17) is 11.6 Å². The van der Waals surface area contributed by atoms with Crippen molar-refractivity contribution in [2.45, 2.75) is 25.6 Å². The zero-order valence-electron chi connectivity index (χ0n) is 6.23. The van der Waals surface area contributed by atoms with Gasteiger partial charge in [-0.1, -0.05) is 0 Å². The highest BCUT2D eigenvalue weighted by Gasteiger charge is 2.02. The van der Waals surface area contributed by atoms with Crippen LogP contribution in [0.5, 0.6) is 0 Å². The smallest absolute Gasteiger partial charge is 0.0356 e. The van der Waals surface area contributed by atoms with E-state index in [9.17, 15) is 0 Å². The van der Waals surface area contributed by atoms with Gasteiger partial charge in [-0.3, -0.25) is 0 Å². The van der Waals surface area contributed by atoms with Gasteiger partial charge in [0, 0.05) is 10.3 Å². The number of halogens is 1. The molecule has 0 bridgehead atoms. The molecule has 0 aliphatic heterocycles. The zero-order chi connectivity index (χ0) is 7.56. The molecule has 1 rings (SSSR count). The second-order valence-corrected chi connectivity index (χ2v) is 4.26. The summed E-state index contributed by atoms with van der Waals surface area (Å²) in [6.07, 6.45) is 1.01. The van der Waals surface area contributed by atoms with Crippen LogP contribution in [0.3, 0.4) is 0 Å². The van der Waals surface area contributed by atoms with Crippen LogP contribution in [0.25, 0.3) is 0 Å². The quantitative estimate of drug-likeness (QED) is 0.604. The van der Waals surface area contributed by atoms with E-state index in [0.29, 0.717) is 0 Å². The summed E-state index contributed by atoms with van der Waals surface area (Å²) in [6.45, 7) is 4.16. The molecule has 0 radical (unpaired) electrons. The second kappa shape index (κ2) is 3.40. The number of alkyl halides is 1. The van der Waals surface area contributed by atoms with E-state index in [2.05, 4.69) is 18.4 Å². The normalized spacial score (nSPS) is 13.5. The molecule has 0 saturated heterocycles. The third-order valence-corrected chi connectivity index (χ3v) is 2.63. The van der Waals surface area contributed by atoms with Gasteiger partial charge in [0.1, 0.15) is 0 Å². The molecule has 10 heavy (non-hydrogen) atoms. The first-order valence-electron chi connectivity index (χ1n) is 3.37. The fourth-order valence-electron chi connectivity index (χ4n) is 0.869. The third-order valence-electron chi connectivity index (χ3n) is 1.43. The maximum absolute atomic E-state index is 5.85. The third kappa shape index (κ3) is 1.99. The molecular formula is C8H11ClS. The largest absolute Gasteiger partial charge is 0.149 e. The SMILES string of the molecule is Cc1ccsc1CC(C)Cl. The van der Waals surface area contributed by atoms with Crippen molar-refractivity contribution in [3.63, 3.8) is 0 Å². The summed E-state index contributed by atoms with van der Waals surface area (Å²) in [5.74, 6) is 0. The predicted molar refractivity (Wildman–Crippen MR) is 48.1 cm³/mol. The fraction of sp³-hybridized carbons (Fsp3) is 0.500. The first-order valence-corrected chi connectivity index (χ1v) is 4.69. The molecule has 0 spiro atoms. The van der Waals surface area contributed by atoms with Gasteiger partial charge in [-0.15, -0.1) is 22.9 Å². The maximum Gasteiger partial charge on any atom is 0.0356 e. The molecule has 0 N–H and O–H groups in total. The number of aryl methyl sites for hydroxylation is 1. The molecule has 0 aromatic carbocycles. The summed E-state index contributed by atoms with van der Waals surface area (Å²) >= 11 is 7.64. The van der Waals surface area contributed by atoms with Crippen molar-refractivity contribution < 1.29 is 0 Å². The molecule has 0 aliphatic rings. The molecule has 1 aromatic rings. The monoisotopic (exact) mass is 174 g/mol. The molecule has 0 aliphatic carbocycles. The molecule has 1 unspecified atom stereocenters. The highest BCUT2D eigenvalue weighted by molar-refractivity contribution is 7.10. The van der Waals surface area contributed by atoms with Crippen LogP contribution >= 0.6 is 22.9 Å². The van der Waals surface area contributed by atoms with Crippen molar-refractivity contribution in [1.29, 1.82) is 0 Å². The van der Waals surface area contributed by atoms with E-state index >= 15 is 0 Å².